The van der Waals surface area contributed by atoms with Gasteiger partial charge in [-0.1, -0.05) is 18.0 Å². The summed E-state index contributed by atoms with van der Waals surface area (Å²) in [5, 5.41) is 0.565. The maximum atomic E-state index is 12.6. The molecule has 0 aromatic heterocycles. The number of halogens is 1. The van der Waals surface area contributed by atoms with E-state index in [1.807, 2.05) is 0 Å². The number of piperidine rings is 1. The number of hydrogen-bond acceptors (Lipinski definition) is 2. The number of sulfonamides is 1. The lowest BCUT2D eigenvalue weighted by Gasteiger charge is -2.33. The molecule has 2 saturated heterocycles. The normalized spacial score (nSPS) is 28.5. The molecule has 5 heteroatoms. The van der Waals surface area contributed by atoms with Crippen molar-refractivity contribution in [3.8, 4) is 0 Å². The molecule has 2 atom stereocenters. The molecule has 0 aliphatic carbocycles. The highest BCUT2D eigenvalue weighted by molar-refractivity contribution is 7.89. The van der Waals surface area contributed by atoms with Gasteiger partial charge in [0, 0.05) is 17.1 Å². The van der Waals surface area contributed by atoms with Crippen molar-refractivity contribution in [2.75, 3.05) is 0 Å². The van der Waals surface area contributed by atoms with Crippen molar-refractivity contribution in [3.63, 3.8) is 0 Å². The minimum Gasteiger partial charge on any atom is -0.207 e. The number of benzene rings is 1. The molecular formula is C13H16ClNO2S. The third kappa shape index (κ3) is 1.96. The molecule has 2 heterocycles. The molecule has 1 aromatic rings. The van der Waals surface area contributed by atoms with Crippen LogP contribution in [0.4, 0.5) is 0 Å². The van der Waals surface area contributed by atoms with E-state index < -0.39 is 10.0 Å². The predicted molar refractivity (Wildman–Crippen MR) is 71.1 cm³/mol. The van der Waals surface area contributed by atoms with Gasteiger partial charge < -0.3 is 0 Å². The fourth-order valence-corrected chi connectivity index (χ4v) is 5.25. The summed E-state index contributed by atoms with van der Waals surface area (Å²) < 4.78 is 27.0. The molecule has 3 rings (SSSR count). The molecule has 2 bridgehead atoms. The van der Waals surface area contributed by atoms with Gasteiger partial charge in [-0.15, -0.1) is 0 Å². The summed E-state index contributed by atoms with van der Waals surface area (Å²) in [4.78, 5) is 0.366. The molecule has 18 heavy (non-hydrogen) atoms. The standard InChI is InChI=1S/C13H16ClNO2S/c14-10-4-8-13(9-5-10)18(16,17)15-11-2-1-3-12(15)7-6-11/h4-5,8-9,11-12H,1-3,6-7H2/t11-,12-/m0/s1. The van der Waals surface area contributed by atoms with Gasteiger partial charge in [0.25, 0.3) is 0 Å². The maximum Gasteiger partial charge on any atom is 0.243 e. The van der Waals surface area contributed by atoms with Crippen molar-refractivity contribution >= 4 is 21.6 Å². The molecule has 0 saturated carbocycles. The summed E-state index contributed by atoms with van der Waals surface area (Å²) in [5.41, 5.74) is 0. The third-order valence-electron chi connectivity index (χ3n) is 4.02. The van der Waals surface area contributed by atoms with E-state index in [9.17, 15) is 8.42 Å². The van der Waals surface area contributed by atoms with Crippen LogP contribution >= 0.6 is 11.6 Å². The first-order valence-electron chi connectivity index (χ1n) is 6.38. The van der Waals surface area contributed by atoms with Gasteiger partial charge >= 0.3 is 0 Å². The second-order valence-corrected chi connectivity index (χ2v) is 7.38. The molecule has 2 aliphatic rings. The Hall–Kier alpha value is -0.580. The van der Waals surface area contributed by atoms with Crippen molar-refractivity contribution in [2.24, 2.45) is 0 Å². The Bertz CT molecular complexity index is 525. The summed E-state index contributed by atoms with van der Waals surface area (Å²) in [6, 6.07) is 6.91. The van der Waals surface area contributed by atoms with E-state index in [1.165, 1.54) is 0 Å². The second kappa shape index (κ2) is 4.51. The van der Waals surface area contributed by atoms with Crippen LogP contribution in [0.5, 0.6) is 0 Å². The fraction of sp³-hybridized carbons (Fsp3) is 0.538. The Labute approximate surface area is 113 Å². The predicted octanol–water partition coefficient (Wildman–Crippen LogP) is 3.05. The second-order valence-electron chi connectivity index (χ2n) is 5.10. The fourth-order valence-electron chi connectivity index (χ4n) is 3.19. The zero-order chi connectivity index (χ0) is 12.8. The SMILES string of the molecule is O=S(=O)(c1ccc(Cl)cc1)N1[C@H]2CCC[C@H]1CC2. The monoisotopic (exact) mass is 285 g/mol. The minimum absolute atomic E-state index is 0.212. The molecule has 0 amide bonds. The molecule has 0 N–H and O–H groups in total. The molecule has 1 aromatic carbocycles. The summed E-state index contributed by atoms with van der Waals surface area (Å²) >= 11 is 5.81. The van der Waals surface area contributed by atoms with Crippen LogP contribution in [0.2, 0.25) is 5.02 Å². The van der Waals surface area contributed by atoms with Crippen LogP contribution < -0.4 is 0 Å². The molecule has 2 fully saturated rings. The molecular weight excluding hydrogens is 270 g/mol. The topological polar surface area (TPSA) is 37.4 Å². The summed E-state index contributed by atoms with van der Waals surface area (Å²) in [5.74, 6) is 0. The van der Waals surface area contributed by atoms with Crippen molar-refractivity contribution in [3.05, 3.63) is 29.3 Å². The highest BCUT2D eigenvalue weighted by Gasteiger charge is 2.44. The van der Waals surface area contributed by atoms with Crippen molar-refractivity contribution in [1.82, 2.24) is 4.31 Å². The van der Waals surface area contributed by atoms with Crippen LogP contribution in [0.3, 0.4) is 0 Å². The zero-order valence-electron chi connectivity index (χ0n) is 10.0. The van der Waals surface area contributed by atoms with E-state index in [0.717, 1.165) is 32.1 Å². The third-order valence-corrected chi connectivity index (χ3v) is 6.29. The highest BCUT2D eigenvalue weighted by Crippen LogP contribution is 2.39. The van der Waals surface area contributed by atoms with Gasteiger partial charge in [-0.3, -0.25) is 0 Å². The summed E-state index contributed by atoms with van der Waals surface area (Å²) in [7, 11) is -3.34. The van der Waals surface area contributed by atoms with Crippen LogP contribution in [0, 0.1) is 0 Å². The smallest absolute Gasteiger partial charge is 0.207 e. The Kier molecular flexibility index (Phi) is 3.12. The van der Waals surface area contributed by atoms with Crippen molar-refractivity contribution in [1.29, 1.82) is 0 Å². The van der Waals surface area contributed by atoms with E-state index >= 15 is 0 Å². The van der Waals surface area contributed by atoms with Gasteiger partial charge in [-0.05, 0) is 49.9 Å². The average Bonchev–Trinajstić information content (AvgIpc) is 2.62. The van der Waals surface area contributed by atoms with E-state index in [0.29, 0.717) is 9.92 Å². The molecule has 0 spiro atoms. The number of hydrogen-bond donors (Lipinski definition) is 0. The van der Waals surface area contributed by atoms with Gasteiger partial charge in [0.1, 0.15) is 0 Å². The van der Waals surface area contributed by atoms with Gasteiger partial charge in [-0.25, -0.2) is 8.42 Å². The van der Waals surface area contributed by atoms with E-state index in [4.69, 9.17) is 11.6 Å². The van der Waals surface area contributed by atoms with Gasteiger partial charge in [-0.2, -0.15) is 4.31 Å². The van der Waals surface area contributed by atoms with E-state index in [2.05, 4.69) is 0 Å². The van der Waals surface area contributed by atoms with Gasteiger partial charge in [0.05, 0.1) is 4.90 Å². The first-order chi connectivity index (χ1) is 8.59. The lowest BCUT2D eigenvalue weighted by atomic mass is 10.1. The summed E-state index contributed by atoms with van der Waals surface area (Å²) in [6.45, 7) is 0. The number of fused-ring (bicyclic) bond motifs is 2. The lowest BCUT2D eigenvalue weighted by molar-refractivity contribution is 0.248. The van der Waals surface area contributed by atoms with Crippen LogP contribution in [0.15, 0.2) is 29.2 Å². The van der Waals surface area contributed by atoms with E-state index in [1.54, 1.807) is 28.6 Å². The molecule has 0 unspecified atom stereocenters. The average molecular weight is 286 g/mol. The highest BCUT2D eigenvalue weighted by atomic mass is 35.5. The molecule has 0 radical (unpaired) electrons. The number of nitrogens with zero attached hydrogens (tertiary/aromatic N) is 1. The molecule has 2 aliphatic heterocycles. The van der Waals surface area contributed by atoms with Crippen LogP contribution in [0.25, 0.3) is 0 Å². The largest absolute Gasteiger partial charge is 0.243 e. The lowest BCUT2D eigenvalue weighted by Crippen LogP contribution is -2.43. The maximum absolute atomic E-state index is 12.6. The van der Waals surface area contributed by atoms with Gasteiger partial charge in [0.2, 0.25) is 10.0 Å². The van der Waals surface area contributed by atoms with Crippen LogP contribution in [0.1, 0.15) is 32.1 Å². The van der Waals surface area contributed by atoms with Crippen LogP contribution in [-0.2, 0) is 10.0 Å². The Morgan fingerprint density at radius 3 is 2.11 bits per heavy atom. The van der Waals surface area contributed by atoms with Crippen molar-refractivity contribution in [2.45, 2.75) is 49.1 Å². The van der Waals surface area contributed by atoms with Crippen LogP contribution in [-0.4, -0.2) is 24.8 Å². The first-order valence-corrected chi connectivity index (χ1v) is 8.20. The number of rotatable bonds is 2. The van der Waals surface area contributed by atoms with E-state index in [-0.39, 0.29) is 12.1 Å². The minimum atomic E-state index is -3.34. The quantitative estimate of drug-likeness (QED) is 0.837. The first kappa shape index (κ1) is 12.5. The Morgan fingerprint density at radius 1 is 1.00 bits per heavy atom. The molecule has 3 nitrogen and oxygen atoms in total. The summed E-state index contributed by atoms with van der Waals surface area (Å²) in [6.07, 6.45) is 5.18. The molecule has 98 valence electrons. The Balaban J connectivity index is 1.97. The van der Waals surface area contributed by atoms with Gasteiger partial charge in [0.15, 0.2) is 0 Å². The zero-order valence-corrected chi connectivity index (χ0v) is 11.6. The van der Waals surface area contributed by atoms with Crippen molar-refractivity contribution < 1.29 is 8.42 Å². The Morgan fingerprint density at radius 2 is 1.56 bits per heavy atom.